The summed E-state index contributed by atoms with van der Waals surface area (Å²) in [4.78, 5) is 12.5. The molecule has 1 aromatic rings. The van der Waals surface area contributed by atoms with Crippen LogP contribution in [0.2, 0.25) is 0 Å². The summed E-state index contributed by atoms with van der Waals surface area (Å²) in [6, 6.07) is 5.38. The van der Waals surface area contributed by atoms with Gasteiger partial charge in [-0.3, -0.25) is 4.79 Å². The molecule has 0 bridgehead atoms. The normalized spacial score (nSPS) is 22.3. The second kappa shape index (κ2) is 7.86. The van der Waals surface area contributed by atoms with E-state index in [1.807, 2.05) is 6.07 Å². The molecule has 1 amide bonds. The zero-order valence-electron chi connectivity index (χ0n) is 13.2. The average molecular weight is 343 g/mol. The van der Waals surface area contributed by atoms with Crippen molar-refractivity contribution in [3.05, 3.63) is 23.8 Å². The molecule has 7 heteroatoms. The number of hydrogen-bond acceptors (Lipinski definition) is 5. The van der Waals surface area contributed by atoms with Crippen LogP contribution in [-0.2, 0) is 4.74 Å². The molecular formula is C16H23ClN2O4. The molecule has 1 fully saturated rings. The minimum atomic E-state index is -0.170. The third-order valence-electron chi connectivity index (χ3n) is 4.15. The SMILES string of the molecule is COCC1(CNC(=O)c2cccc3c2OCCO3)CCCN1.Cl. The zero-order valence-corrected chi connectivity index (χ0v) is 14.0. The van der Waals surface area contributed by atoms with Crippen molar-refractivity contribution in [2.24, 2.45) is 0 Å². The highest BCUT2D eigenvalue weighted by Crippen LogP contribution is 2.33. The van der Waals surface area contributed by atoms with Crippen molar-refractivity contribution in [2.45, 2.75) is 18.4 Å². The van der Waals surface area contributed by atoms with E-state index in [1.165, 1.54) is 0 Å². The molecule has 2 aliphatic heterocycles. The van der Waals surface area contributed by atoms with Crippen molar-refractivity contribution in [2.75, 3.05) is 40.0 Å². The third kappa shape index (κ3) is 3.88. The number of para-hydroxylation sites is 1. The number of carbonyl (C=O) groups is 1. The van der Waals surface area contributed by atoms with Crippen LogP contribution in [0.4, 0.5) is 0 Å². The molecule has 0 aromatic heterocycles. The lowest BCUT2D eigenvalue weighted by molar-refractivity contribution is 0.0883. The van der Waals surface area contributed by atoms with Gasteiger partial charge in [-0.2, -0.15) is 0 Å². The Morgan fingerprint density at radius 2 is 2.22 bits per heavy atom. The fourth-order valence-electron chi connectivity index (χ4n) is 3.07. The molecule has 1 saturated heterocycles. The summed E-state index contributed by atoms with van der Waals surface area (Å²) >= 11 is 0. The van der Waals surface area contributed by atoms with Gasteiger partial charge >= 0.3 is 0 Å². The summed E-state index contributed by atoms with van der Waals surface area (Å²) in [5.74, 6) is 1.02. The number of rotatable bonds is 5. The third-order valence-corrected chi connectivity index (χ3v) is 4.15. The van der Waals surface area contributed by atoms with Gasteiger partial charge in [-0.1, -0.05) is 6.07 Å². The summed E-state index contributed by atoms with van der Waals surface area (Å²) in [6.07, 6.45) is 2.09. The lowest BCUT2D eigenvalue weighted by atomic mass is 9.98. The second-order valence-corrected chi connectivity index (χ2v) is 5.76. The molecular weight excluding hydrogens is 320 g/mol. The maximum Gasteiger partial charge on any atom is 0.255 e. The number of methoxy groups -OCH3 is 1. The van der Waals surface area contributed by atoms with Gasteiger partial charge in [0.25, 0.3) is 5.91 Å². The summed E-state index contributed by atoms with van der Waals surface area (Å²) < 4.78 is 16.4. The molecule has 1 atom stereocenters. The first-order chi connectivity index (χ1) is 10.7. The quantitative estimate of drug-likeness (QED) is 0.846. The zero-order chi connectivity index (χ0) is 15.4. The largest absolute Gasteiger partial charge is 0.486 e. The Balaban J connectivity index is 0.00000192. The van der Waals surface area contributed by atoms with Gasteiger partial charge in [0.15, 0.2) is 11.5 Å². The van der Waals surface area contributed by atoms with E-state index in [2.05, 4.69) is 10.6 Å². The van der Waals surface area contributed by atoms with Crippen LogP contribution in [0.15, 0.2) is 18.2 Å². The molecule has 6 nitrogen and oxygen atoms in total. The van der Waals surface area contributed by atoms with Crippen LogP contribution in [0, 0.1) is 0 Å². The summed E-state index contributed by atoms with van der Waals surface area (Å²) in [6.45, 7) is 3.05. The highest BCUT2D eigenvalue weighted by molar-refractivity contribution is 5.97. The molecule has 1 unspecified atom stereocenters. The molecule has 1 aromatic carbocycles. The van der Waals surface area contributed by atoms with Crippen LogP contribution < -0.4 is 20.1 Å². The molecule has 0 spiro atoms. The van der Waals surface area contributed by atoms with Gasteiger partial charge < -0.3 is 24.8 Å². The first-order valence-corrected chi connectivity index (χ1v) is 7.65. The molecule has 0 saturated carbocycles. The first-order valence-electron chi connectivity index (χ1n) is 7.65. The van der Waals surface area contributed by atoms with Gasteiger partial charge in [-0.15, -0.1) is 12.4 Å². The summed E-state index contributed by atoms with van der Waals surface area (Å²) in [5.41, 5.74) is 0.346. The molecule has 23 heavy (non-hydrogen) atoms. The van der Waals surface area contributed by atoms with E-state index >= 15 is 0 Å². The first kappa shape index (κ1) is 17.8. The topological polar surface area (TPSA) is 68.8 Å². The van der Waals surface area contributed by atoms with Crippen LogP contribution in [0.1, 0.15) is 23.2 Å². The van der Waals surface area contributed by atoms with E-state index in [0.717, 1.165) is 19.4 Å². The lowest BCUT2D eigenvalue weighted by Crippen LogP contribution is -2.53. The number of fused-ring (bicyclic) bond motifs is 1. The van der Waals surface area contributed by atoms with Gasteiger partial charge in [0.1, 0.15) is 13.2 Å². The Labute approximate surface area is 142 Å². The average Bonchev–Trinajstić information content (AvgIpc) is 3.01. The summed E-state index contributed by atoms with van der Waals surface area (Å²) in [5, 5.41) is 6.44. The lowest BCUT2D eigenvalue weighted by Gasteiger charge is -2.29. The van der Waals surface area contributed by atoms with E-state index in [-0.39, 0.29) is 23.9 Å². The molecule has 2 N–H and O–H groups in total. The van der Waals surface area contributed by atoms with Gasteiger partial charge in [0.2, 0.25) is 0 Å². The van der Waals surface area contributed by atoms with Crippen molar-refractivity contribution < 1.29 is 19.0 Å². The van der Waals surface area contributed by atoms with Crippen LogP contribution in [0.3, 0.4) is 0 Å². The molecule has 3 rings (SSSR count). The highest BCUT2D eigenvalue weighted by Gasteiger charge is 2.34. The van der Waals surface area contributed by atoms with Gasteiger partial charge in [-0.25, -0.2) is 0 Å². The van der Waals surface area contributed by atoms with Crippen LogP contribution in [0.25, 0.3) is 0 Å². The van der Waals surface area contributed by atoms with Crippen molar-refractivity contribution in [3.63, 3.8) is 0 Å². The van der Waals surface area contributed by atoms with Crippen molar-refractivity contribution in [1.82, 2.24) is 10.6 Å². The maximum atomic E-state index is 12.5. The van der Waals surface area contributed by atoms with Crippen molar-refractivity contribution in [3.8, 4) is 11.5 Å². The molecule has 2 aliphatic rings. The fraction of sp³-hybridized carbons (Fsp3) is 0.562. The number of ether oxygens (including phenoxy) is 3. The van der Waals surface area contributed by atoms with Crippen LogP contribution in [-0.4, -0.2) is 51.5 Å². The smallest absolute Gasteiger partial charge is 0.255 e. The maximum absolute atomic E-state index is 12.5. The predicted octanol–water partition coefficient (Wildman–Crippen LogP) is 1.38. The van der Waals surface area contributed by atoms with Gasteiger partial charge in [0, 0.05) is 13.7 Å². The highest BCUT2D eigenvalue weighted by atomic mass is 35.5. The number of amides is 1. The Morgan fingerprint density at radius 3 is 2.96 bits per heavy atom. The molecule has 0 radical (unpaired) electrons. The fourth-order valence-corrected chi connectivity index (χ4v) is 3.07. The van der Waals surface area contributed by atoms with Gasteiger partial charge in [0.05, 0.1) is 17.7 Å². The van der Waals surface area contributed by atoms with Crippen LogP contribution >= 0.6 is 12.4 Å². The molecule has 2 heterocycles. The van der Waals surface area contributed by atoms with E-state index in [1.54, 1.807) is 19.2 Å². The van der Waals surface area contributed by atoms with Gasteiger partial charge in [-0.05, 0) is 31.5 Å². The predicted molar refractivity (Wildman–Crippen MR) is 88.9 cm³/mol. The molecule has 128 valence electrons. The van der Waals surface area contributed by atoms with E-state index in [4.69, 9.17) is 14.2 Å². The Kier molecular flexibility index (Phi) is 6.10. The Hall–Kier alpha value is -1.50. The minimum Gasteiger partial charge on any atom is -0.486 e. The van der Waals surface area contributed by atoms with Crippen molar-refractivity contribution in [1.29, 1.82) is 0 Å². The summed E-state index contributed by atoms with van der Waals surface area (Å²) in [7, 11) is 1.68. The van der Waals surface area contributed by atoms with E-state index in [9.17, 15) is 4.79 Å². The second-order valence-electron chi connectivity index (χ2n) is 5.76. The van der Waals surface area contributed by atoms with E-state index in [0.29, 0.717) is 43.4 Å². The number of nitrogens with one attached hydrogen (secondary N) is 2. The minimum absolute atomic E-state index is 0. The number of carbonyl (C=O) groups excluding carboxylic acids is 1. The van der Waals surface area contributed by atoms with Crippen LogP contribution in [0.5, 0.6) is 11.5 Å². The Morgan fingerprint density at radius 1 is 1.39 bits per heavy atom. The number of halogens is 1. The number of hydrogen-bond donors (Lipinski definition) is 2. The standard InChI is InChI=1S/C16H22N2O4.ClH/c1-20-11-16(6-3-7-18-16)10-17-15(19)12-4-2-5-13-14(12)22-9-8-21-13;/h2,4-5,18H,3,6-11H2,1H3,(H,17,19);1H. The van der Waals surface area contributed by atoms with Crippen molar-refractivity contribution >= 4 is 18.3 Å². The van der Waals surface area contributed by atoms with E-state index < -0.39 is 0 Å². The number of benzene rings is 1. The monoisotopic (exact) mass is 342 g/mol. The molecule has 0 aliphatic carbocycles. The Bertz CT molecular complexity index is 547.